The minimum atomic E-state index is -3.16. The summed E-state index contributed by atoms with van der Waals surface area (Å²) in [5, 5.41) is 2.63. The minimum absolute atomic E-state index is 0.123. The van der Waals surface area contributed by atoms with E-state index < -0.39 is 14.6 Å². The zero-order valence-electron chi connectivity index (χ0n) is 10.0. The van der Waals surface area contributed by atoms with E-state index in [1.54, 1.807) is 13.8 Å². The predicted molar refractivity (Wildman–Crippen MR) is 66.5 cm³/mol. The van der Waals surface area contributed by atoms with Crippen LogP contribution in [0.5, 0.6) is 0 Å². The van der Waals surface area contributed by atoms with Gasteiger partial charge >= 0.3 is 0 Å². The average molecular weight is 270 g/mol. The lowest BCUT2D eigenvalue weighted by Gasteiger charge is -2.22. The van der Waals surface area contributed by atoms with Crippen LogP contribution in [0.15, 0.2) is 0 Å². The van der Waals surface area contributed by atoms with Gasteiger partial charge in [-0.25, -0.2) is 8.42 Å². The molecule has 0 radical (unpaired) electrons. The summed E-state index contributed by atoms with van der Waals surface area (Å²) in [7, 11) is -3.16. The Morgan fingerprint density at radius 3 is 2.31 bits per heavy atom. The highest BCUT2D eigenvalue weighted by Crippen LogP contribution is 2.13. The molecular formula is C10H20ClNO3S. The van der Waals surface area contributed by atoms with Gasteiger partial charge in [-0.2, -0.15) is 0 Å². The normalized spacial score (nSPS) is 12.5. The molecule has 0 aromatic heterocycles. The van der Waals surface area contributed by atoms with Gasteiger partial charge in [0.05, 0.1) is 4.75 Å². The largest absolute Gasteiger partial charge is 0.355 e. The third-order valence-electron chi connectivity index (χ3n) is 2.50. The number of alkyl halides is 1. The van der Waals surface area contributed by atoms with Crippen LogP contribution in [0.1, 0.15) is 33.1 Å². The molecule has 0 saturated heterocycles. The van der Waals surface area contributed by atoms with Crippen LogP contribution in [-0.2, 0) is 14.6 Å². The summed E-state index contributed by atoms with van der Waals surface area (Å²) in [6.45, 7) is 3.34. The fourth-order valence-corrected chi connectivity index (χ4v) is 1.43. The lowest BCUT2D eigenvalue weighted by atomic mass is 10.2. The second-order valence-corrected chi connectivity index (χ2v) is 7.48. The van der Waals surface area contributed by atoms with E-state index in [1.807, 2.05) is 0 Å². The maximum atomic E-state index is 11.4. The highest BCUT2D eigenvalue weighted by Gasteiger charge is 2.30. The van der Waals surface area contributed by atoms with Crippen LogP contribution in [0.25, 0.3) is 0 Å². The first-order valence-corrected chi connectivity index (χ1v) is 7.65. The molecule has 0 fully saturated rings. The summed E-state index contributed by atoms with van der Waals surface area (Å²) in [6, 6.07) is 0. The second kappa shape index (κ2) is 6.45. The quantitative estimate of drug-likeness (QED) is 0.560. The Kier molecular flexibility index (Phi) is 6.33. The topological polar surface area (TPSA) is 63.2 Å². The van der Waals surface area contributed by atoms with Gasteiger partial charge in [-0.1, -0.05) is 0 Å². The number of halogens is 1. The Bertz CT molecular complexity index is 325. The lowest BCUT2D eigenvalue weighted by molar-refractivity contribution is -0.121. The zero-order valence-corrected chi connectivity index (χ0v) is 11.6. The third kappa shape index (κ3) is 5.70. The fourth-order valence-electron chi connectivity index (χ4n) is 0.911. The molecule has 0 aliphatic rings. The maximum Gasteiger partial charge on any atom is 0.220 e. The average Bonchev–Trinajstić information content (AvgIpc) is 2.13. The molecule has 1 N–H and O–H groups in total. The first kappa shape index (κ1) is 15.7. The Labute approximate surface area is 103 Å². The maximum absolute atomic E-state index is 11.4. The van der Waals surface area contributed by atoms with Gasteiger partial charge in [0, 0.05) is 25.1 Å². The number of carbonyl (C=O) groups is 1. The predicted octanol–water partition coefficient (Wildman–Crippen LogP) is 1.33. The molecule has 0 unspecified atom stereocenters. The van der Waals surface area contributed by atoms with Crippen molar-refractivity contribution in [3.8, 4) is 0 Å². The summed E-state index contributed by atoms with van der Waals surface area (Å²) in [5.41, 5.74) is 0. The Morgan fingerprint density at radius 1 is 1.31 bits per heavy atom. The van der Waals surface area contributed by atoms with Crippen molar-refractivity contribution in [2.75, 3.05) is 18.7 Å². The molecule has 0 aromatic rings. The van der Waals surface area contributed by atoms with Crippen LogP contribution in [0.4, 0.5) is 0 Å². The van der Waals surface area contributed by atoms with E-state index in [4.69, 9.17) is 11.6 Å². The van der Waals surface area contributed by atoms with Gasteiger partial charge in [-0.05, 0) is 26.7 Å². The first-order chi connectivity index (χ1) is 7.20. The van der Waals surface area contributed by atoms with Gasteiger partial charge in [0.25, 0.3) is 0 Å². The van der Waals surface area contributed by atoms with E-state index in [9.17, 15) is 13.2 Å². The number of hydrogen-bond acceptors (Lipinski definition) is 3. The lowest BCUT2D eigenvalue weighted by Crippen LogP contribution is -2.43. The fraction of sp³-hybridized carbons (Fsp3) is 0.900. The van der Waals surface area contributed by atoms with E-state index in [1.165, 1.54) is 6.26 Å². The highest BCUT2D eigenvalue weighted by atomic mass is 35.5. The van der Waals surface area contributed by atoms with Gasteiger partial charge in [-0.3, -0.25) is 4.79 Å². The van der Waals surface area contributed by atoms with Gasteiger partial charge in [-0.15, -0.1) is 11.6 Å². The molecule has 6 heteroatoms. The second-order valence-electron chi connectivity index (χ2n) is 4.45. The van der Waals surface area contributed by atoms with Gasteiger partial charge in [0.15, 0.2) is 9.84 Å². The van der Waals surface area contributed by atoms with Crippen molar-refractivity contribution in [1.82, 2.24) is 5.32 Å². The smallest absolute Gasteiger partial charge is 0.220 e. The van der Waals surface area contributed by atoms with Crippen LogP contribution < -0.4 is 5.32 Å². The van der Waals surface area contributed by atoms with Crippen LogP contribution in [-0.4, -0.2) is 37.8 Å². The van der Waals surface area contributed by atoms with E-state index >= 15 is 0 Å². The summed E-state index contributed by atoms with van der Waals surface area (Å²) < 4.78 is 21.8. The molecule has 0 aliphatic carbocycles. The summed E-state index contributed by atoms with van der Waals surface area (Å²) in [6.07, 6.45) is 3.10. The Balaban J connectivity index is 4.01. The number of nitrogens with one attached hydrogen (secondary N) is 1. The van der Waals surface area contributed by atoms with Crippen LogP contribution in [0.2, 0.25) is 0 Å². The van der Waals surface area contributed by atoms with E-state index in [-0.39, 0.29) is 12.5 Å². The number of amides is 1. The summed E-state index contributed by atoms with van der Waals surface area (Å²) in [5.74, 6) is 0.420. The molecule has 0 aromatic carbocycles. The molecule has 0 spiro atoms. The van der Waals surface area contributed by atoms with E-state index in [2.05, 4.69) is 5.32 Å². The molecule has 0 bridgehead atoms. The van der Waals surface area contributed by atoms with Crippen molar-refractivity contribution in [3.63, 3.8) is 0 Å². The molecule has 0 rings (SSSR count). The minimum Gasteiger partial charge on any atom is -0.355 e. The van der Waals surface area contributed by atoms with Gasteiger partial charge in [0.2, 0.25) is 5.91 Å². The Morgan fingerprint density at radius 2 is 1.88 bits per heavy atom. The van der Waals surface area contributed by atoms with Gasteiger partial charge in [0.1, 0.15) is 0 Å². The van der Waals surface area contributed by atoms with Gasteiger partial charge < -0.3 is 5.32 Å². The number of rotatable bonds is 7. The third-order valence-corrected chi connectivity index (χ3v) is 4.92. The van der Waals surface area contributed by atoms with Crippen LogP contribution in [0.3, 0.4) is 0 Å². The molecule has 4 nitrogen and oxygen atoms in total. The molecule has 0 heterocycles. The standard InChI is InChI=1S/C10H20ClNO3S/c1-10(2,16(3,14)15)8-12-9(13)6-4-5-7-11/h4-8H2,1-3H3,(H,12,13). The van der Waals surface area contributed by atoms with Crippen molar-refractivity contribution in [2.45, 2.75) is 37.9 Å². The van der Waals surface area contributed by atoms with Crippen molar-refractivity contribution in [3.05, 3.63) is 0 Å². The number of carbonyl (C=O) groups excluding carboxylic acids is 1. The highest BCUT2D eigenvalue weighted by molar-refractivity contribution is 7.92. The molecule has 0 saturated carbocycles. The molecule has 1 amide bonds. The van der Waals surface area contributed by atoms with E-state index in [0.29, 0.717) is 12.3 Å². The van der Waals surface area contributed by atoms with E-state index in [0.717, 1.165) is 12.8 Å². The van der Waals surface area contributed by atoms with Crippen LogP contribution >= 0.6 is 11.6 Å². The summed E-state index contributed by atoms with van der Waals surface area (Å²) in [4.78, 5) is 11.3. The van der Waals surface area contributed by atoms with Crippen LogP contribution in [0, 0.1) is 0 Å². The summed E-state index contributed by atoms with van der Waals surface area (Å²) >= 11 is 5.48. The monoisotopic (exact) mass is 269 g/mol. The molecular weight excluding hydrogens is 250 g/mol. The molecule has 96 valence electrons. The first-order valence-electron chi connectivity index (χ1n) is 5.23. The number of hydrogen-bond donors (Lipinski definition) is 1. The SMILES string of the molecule is CC(C)(CNC(=O)CCCCCl)S(C)(=O)=O. The van der Waals surface area contributed by atoms with Crippen molar-refractivity contribution >= 4 is 27.3 Å². The molecule has 16 heavy (non-hydrogen) atoms. The van der Waals surface area contributed by atoms with Crippen molar-refractivity contribution < 1.29 is 13.2 Å². The van der Waals surface area contributed by atoms with Crippen molar-refractivity contribution in [2.24, 2.45) is 0 Å². The number of unbranched alkanes of at least 4 members (excludes halogenated alkanes) is 1. The van der Waals surface area contributed by atoms with Crippen molar-refractivity contribution in [1.29, 1.82) is 0 Å². The number of sulfone groups is 1. The molecule has 0 atom stereocenters. The Hall–Kier alpha value is -0.290. The zero-order chi connectivity index (χ0) is 12.8. The molecule has 0 aliphatic heterocycles.